The lowest BCUT2D eigenvalue weighted by Gasteiger charge is -2.39. The molecule has 5 nitrogen and oxygen atoms in total. The van der Waals surface area contributed by atoms with Crippen LogP contribution in [0.4, 0.5) is 13.2 Å². The highest BCUT2D eigenvalue weighted by atomic mass is 19.4. The zero-order chi connectivity index (χ0) is 21.9. The van der Waals surface area contributed by atoms with Gasteiger partial charge in [0.05, 0.1) is 18.7 Å². The van der Waals surface area contributed by atoms with E-state index in [1.807, 2.05) is 6.92 Å². The van der Waals surface area contributed by atoms with Gasteiger partial charge in [-0.15, -0.1) is 0 Å². The minimum Gasteiger partial charge on any atom is -0.274 e. The van der Waals surface area contributed by atoms with Crippen LogP contribution in [0.2, 0.25) is 0 Å². The van der Waals surface area contributed by atoms with Crippen molar-refractivity contribution >= 4 is 5.91 Å². The van der Waals surface area contributed by atoms with E-state index in [9.17, 15) is 18.0 Å². The Kier molecular flexibility index (Phi) is 7.54. The van der Waals surface area contributed by atoms with Crippen LogP contribution in [0.15, 0.2) is 18.3 Å². The number of amides is 1. The van der Waals surface area contributed by atoms with E-state index >= 15 is 0 Å². The molecule has 0 fully saturated rings. The summed E-state index contributed by atoms with van der Waals surface area (Å²) < 4.78 is 41.0. The van der Waals surface area contributed by atoms with Crippen molar-refractivity contribution in [1.82, 2.24) is 14.8 Å². The third-order valence-corrected chi connectivity index (χ3v) is 6.10. The van der Waals surface area contributed by atoms with Crippen LogP contribution in [-0.4, -0.2) is 33.9 Å². The molecule has 0 N–H and O–H groups in total. The molecule has 0 spiro atoms. The van der Waals surface area contributed by atoms with Gasteiger partial charge in [0.25, 0.3) is 5.91 Å². The minimum absolute atomic E-state index is 0.108. The average Bonchev–Trinajstić information content (AvgIpc) is 3.04. The van der Waals surface area contributed by atoms with Crippen LogP contribution in [0.3, 0.4) is 0 Å². The van der Waals surface area contributed by atoms with Crippen LogP contribution in [-0.2, 0) is 18.1 Å². The van der Waals surface area contributed by atoms with Gasteiger partial charge in [-0.2, -0.15) is 18.3 Å². The Morgan fingerprint density at radius 2 is 2.00 bits per heavy atom. The van der Waals surface area contributed by atoms with Gasteiger partial charge >= 0.3 is 6.18 Å². The van der Waals surface area contributed by atoms with Gasteiger partial charge in [-0.25, -0.2) is 5.06 Å². The van der Waals surface area contributed by atoms with Crippen molar-refractivity contribution < 1.29 is 22.8 Å². The van der Waals surface area contributed by atoms with E-state index in [0.29, 0.717) is 11.8 Å². The Bertz CT molecular complexity index is 727. The van der Waals surface area contributed by atoms with E-state index < -0.39 is 23.3 Å². The van der Waals surface area contributed by atoms with E-state index in [1.165, 1.54) is 14.2 Å². The third-order valence-electron chi connectivity index (χ3n) is 6.10. The Hall–Kier alpha value is -1.83. The second-order valence-electron chi connectivity index (χ2n) is 8.41. The highest BCUT2D eigenvalue weighted by Crippen LogP contribution is 2.37. The molecule has 1 aliphatic carbocycles. The van der Waals surface area contributed by atoms with Crippen LogP contribution in [0.25, 0.3) is 0 Å². The van der Waals surface area contributed by atoms with E-state index in [-0.39, 0.29) is 17.9 Å². The molecule has 1 heterocycles. The zero-order valence-electron chi connectivity index (χ0n) is 18.0. The first-order valence-electron chi connectivity index (χ1n) is 10.1. The molecule has 1 aromatic rings. The number of aromatic nitrogens is 2. The Balaban J connectivity index is 2.28. The average molecular weight is 416 g/mol. The molecule has 0 saturated carbocycles. The van der Waals surface area contributed by atoms with Gasteiger partial charge in [-0.1, -0.05) is 32.9 Å². The Labute approximate surface area is 170 Å². The maximum atomic E-state index is 13.3. The van der Waals surface area contributed by atoms with Gasteiger partial charge in [0, 0.05) is 13.2 Å². The second-order valence-corrected chi connectivity index (χ2v) is 8.41. The molecule has 0 aliphatic heterocycles. The monoisotopic (exact) mass is 415 g/mol. The van der Waals surface area contributed by atoms with E-state index in [0.717, 1.165) is 35.2 Å². The highest BCUT2D eigenvalue weighted by Gasteiger charge is 2.42. The number of hydrogen-bond donors (Lipinski definition) is 0. The second kappa shape index (κ2) is 9.32. The number of hydrogen-bond acceptors (Lipinski definition) is 3. The largest absolute Gasteiger partial charge is 0.435 e. The standard InChI is InChI=1S/C21H32F3N3O2/c1-13(2)14(3)11-16-9-7-8-10-17(16)15(4)27(29-6)20(28)18-12-26(5)25-19(18)21(22,23)24/h7,9,12-17H,8,10-11H2,1-6H3. The molecule has 164 valence electrons. The van der Waals surface area contributed by atoms with Gasteiger partial charge in [0.2, 0.25) is 0 Å². The third kappa shape index (κ3) is 5.41. The molecule has 29 heavy (non-hydrogen) atoms. The molecule has 1 aliphatic rings. The SMILES string of the molecule is CON(C(=O)c1cn(C)nc1C(F)(F)F)C(C)C1CCC=CC1CC(C)C(C)C. The summed E-state index contributed by atoms with van der Waals surface area (Å²) in [5.41, 5.74) is -1.68. The lowest BCUT2D eigenvalue weighted by atomic mass is 9.74. The highest BCUT2D eigenvalue weighted by molar-refractivity contribution is 5.94. The first kappa shape index (κ1) is 23.4. The van der Waals surface area contributed by atoms with E-state index in [1.54, 1.807) is 0 Å². The number of nitrogens with zero attached hydrogens (tertiary/aromatic N) is 3. The van der Waals surface area contributed by atoms with Crippen LogP contribution < -0.4 is 0 Å². The molecular formula is C21H32F3N3O2. The summed E-state index contributed by atoms with van der Waals surface area (Å²) in [5.74, 6) is 0.574. The molecule has 1 aromatic heterocycles. The summed E-state index contributed by atoms with van der Waals surface area (Å²) >= 11 is 0. The molecule has 2 rings (SSSR count). The van der Waals surface area contributed by atoms with E-state index in [2.05, 4.69) is 38.0 Å². The van der Waals surface area contributed by atoms with Crippen molar-refractivity contribution in [2.75, 3.05) is 7.11 Å². The number of aryl methyl sites for hydroxylation is 1. The van der Waals surface area contributed by atoms with Crippen molar-refractivity contribution in [1.29, 1.82) is 0 Å². The fraction of sp³-hybridized carbons (Fsp3) is 0.714. The zero-order valence-corrected chi connectivity index (χ0v) is 18.0. The molecular weight excluding hydrogens is 383 g/mol. The smallest absolute Gasteiger partial charge is 0.274 e. The normalized spacial score (nSPS) is 22.0. The minimum atomic E-state index is -4.71. The topological polar surface area (TPSA) is 47.4 Å². The summed E-state index contributed by atoms with van der Waals surface area (Å²) in [6.45, 7) is 8.42. The van der Waals surface area contributed by atoms with E-state index in [4.69, 9.17) is 4.84 Å². The number of rotatable bonds is 7. The predicted molar refractivity (Wildman–Crippen MR) is 105 cm³/mol. The van der Waals surface area contributed by atoms with Gasteiger partial charge in [-0.3, -0.25) is 14.3 Å². The molecule has 1 amide bonds. The quantitative estimate of drug-likeness (QED) is 0.460. The Morgan fingerprint density at radius 3 is 2.55 bits per heavy atom. The molecule has 0 aromatic carbocycles. The number of carbonyl (C=O) groups excluding carboxylic acids is 1. The summed E-state index contributed by atoms with van der Waals surface area (Å²) in [5, 5.41) is 4.53. The van der Waals surface area contributed by atoms with Crippen LogP contribution in [0.5, 0.6) is 0 Å². The molecule has 8 heteroatoms. The molecule has 4 atom stereocenters. The number of alkyl halides is 3. The fourth-order valence-corrected chi connectivity index (χ4v) is 4.05. The number of hydroxylamine groups is 2. The maximum Gasteiger partial charge on any atom is 0.435 e. The van der Waals surface area contributed by atoms with Crippen molar-refractivity contribution in [3.63, 3.8) is 0 Å². The predicted octanol–water partition coefficient (Wildman–Crippen LogP) is 5.10. The molecule has 0 bridgehead atoms. The van der Waals surface area contributed by atoms with Crippen LogP contribution >= 0.6 is 0 Å². The van der Waals surface area contributed by atoms with Crippen molar-refractivity contribution in [3.05, 3.63) is 29.6 Å². The Morgan fingerprint density at radius 1 is 1.34 bits per heavy atom. The van der Waals surface area contributed by atoms with Crippen LogP contribution in [0.1, 0.15) is 63.0 Å². The fourth-order valence-electron chi connectivity index (χ4n) is 4.05. The lowest BCUT2D eigenvalue weighted by Crippen LogP contribution is -2.45. The van der Waals surface area contributed by atoms with Gasteiger partial charge in [0.15, 0.2) is 5.69 Å². The van der Waals surface area contributed by atoms with Crippen LogP contribution in [0, 0.1) is 23.7 Å². The molecule has 4 unspecified atom stereocenters. The molecule has 0 radical (unpaired) electrons. The summed E-state index contributed by atoms with van der Waals surface area (Å²) in [4.78, 5) is 18.3. The summed E-state index contributed by atoms with van der Waals surface area (Å²) in [6, 6.07) is -0.372. The first-order chi connectivity index (χ1) is 13.5. The number of allylic oxidation sites excluding steroid dienone is 2. The number of halogens is 3. The van der Waals surface area contributed by atoms with Crippen molar-refractivity contribution in [3.8, 4) is 0 Å². The van der Waals surface area contributed by atoms with Crippen molar-refractivity contribution in [2.24, 2.45) is 30.7 Å². The number of carbonyl (C=O) groups is 1. The first-order valence-corrected chi connectivity index (χ1v) is 10.1. The van der Waals surface area contributed by atoms with Gasteiger partial charge in [0.1, 0.15) is 0 Å². The molecule has 0 saturated heterocycles. The summed E-state index contributed by atoms with van der Waals surface area (Å²) in [7, 11) is 2.68. The summed E-state index contributed by atoms with van der Waals surface area (Å²) in [6.07, 6.45) is 3.44. The maximum absolute atomic E-state index is 13.3. The lowest BCUT2D eigenvalue weighted by molar-refractivity contribution is -0.146. The van der Waals surface area contributed by atoms with Crippen molar-refractivity contribution in [2.45, 2.75) is 59.2 Å². The van der Waals surface area contributed by atoms with Gasteiger partial charge < -0.3 is 0 Å². The van der Waals surface area contributed by atoms with Gasteiger partial charge in [-0.05, 0) is 49.9 Å².